The molecule has 0 amide bonds. The lowest BCUT2D eigenvalue weighted by Gasteiger charge is -2.17. The molecule has 1 heterocycles. The molecule has 0 fully saturated rings. The van der Waals surface area contributed by atoms with Crippen LogP contribution in [0.25, 0.3) is 11.1 Å². The summed E-state index contributed by atoms with van der Waals surface area (Å²) in [7, 11) is 4.10. The summed E-state index contributed by atoms with van der Waals surface area (Å²) >= 11 is 0. The zero-order valence-corrected chi connectivity index (χ0v) is 15.7. The van der Waals surface area contributed by atoms with Gasteiger partial charge in [-0.2, -0.15) is 0 Å². The zero-order valence-electron chi connectivity index (χ0n) is 15.7. The van der Waals surface area contributed by atoms with E-state index < -0.39 is 0 Å². The van der Waals surface area contributed by atoms with Crippen molar-refractivity contribution < 1.29 is 0 Å². The van der Waals surface area contributed by atoms with E-state index in [9.17, 15) is 0 Å². The number of hydrogen-bond acceptors (Lipinski definition) is 2. The first-order valence-corrected chi connectivity index (χ1v) is 8.60. The molecule has 3 nitrogen and oxygen atoms in total. The molecule has 128 valence electrons. The Morgan fingerprint density at radius 3 is 2.44 bits per heavy atom. The second kappa shape index (κ2) is 7.06. The lowest BCUT2D eigenvalue weighted by molar-refractivity contribution is 0.618. The predicted octanol–water partition coefficient (Wildman–Crippen LogP) is 4.62. The van der Waals surface area contributed by atoms with Crippen LogP contribution in [0.4, 0.5) is 0 Å². The third kappa shape index (κ3) is 3.55. The van der Waals surface area contributed by atoms with Crippen LogP contribution in [0.3, 0.4) is 0 Å². The summed E-state index contributed by atoms with van der Waals surface area (Å²) in [6.07, 6.45) is 1.81. The highest BCUT2D eigenvalue weighted by Gasteiger charge is 2.19. The number of amidine groups is 1. The Morgan fingerprint density at radius 2 is 1.76 bits per heavy atom. The van der Waals surface area contributed by atoms with Gasteiger partial charge in [-0.15, -0.1) is 0 Å². The van der Waals surface area contributed by atoms with Gasteiger partial charge < -0.3 is 4.90 Å². The molecule has 25 heavy (non-hydrogen) atoms. The first kappa shape index (κ1) is 17.2. The fourth-order valence-corrected chi connectivity index (χ4v) is 3.41. The van der Waals surface area contributed by atoms with E-state index in [0.29, 0.717) is 6.54 Å². The van der Waals surface area contributed by atoms with Crippen LogP contribution in [0.5, 0.6) is 0 Å². The summed E-state index contributed by atoms with van der Waals surface area (Å²) in [6, 6.07) is 14.9. The standard InChI is InChI=1S/C22H25N3/c1-15-12-16(2)19-9-10-20(21(19)17(3)13-15)22(25(4)5)24-14-18-8-6-7-11-23-18/h6-13H,14H2,1-5H3. The molecule has 3 heteroatoms. The molecule has 0 saturated heterocycles. The van der Waals surface area contributed by atoms with Gasteiger partial charge in [0.05, 0.1) is 12.2 Å². The molecular formula is C22H25N3. The predicted molar refractivity (Wildman–Crippen MR) is 105 cm³/mol. The number of rotatable bonds is 3. The monoisotopic (exact) mass is 331 g/mol. The molecule has 1 aromatic heterocycles. The van der Waals surface area contributed by atoms with Crippen molar-refractivity contribution in [3.63, 3.8) is 0 Å². The zero-order chi connectivity index (χ0) is 18.0. The van der Waals surface area contributed by atoms with E-state index in [1.807, 2.05) is 38.5 Å². The van der Waals surface area contributed by atoms with Gasteiger partial charge in [0.2, 0.25) is 0 Å². The quantitative estimate of drug-likeness (QED) is 0.517. The summed E-state index contributed by atoms with van der Waals surface area (Å²) in [4.78, 5) is 11.4. The molecule has 1 aromatic rings. The van der Waals surface area contributed by atoms with Crippen molar-refractivity contribution >= 4 is 5.84 Å². The summed E-state index contributed by atoms with van der Waals surface area (Å²) in [6.45, 7) is 7.10. The highest BCUT2D eigenvalue weighted by Crippen LogP contribution is 2.34. The minimum atomic E-state index is 0.580. The van der Waals surface area contributed by atoms with Crippen molar-refractivity contribution in [3.05, 3.63) is 76.6 Å². The Balaban J connectivity index is 2.10. The van der Waals surface area contributed by atoms with Crippen molar-refractivity contribution in [2.75, 3.05) is 14.1 Å². The number of pyridine rings is 1. The maximum atomic E-state index is 4.88. The first-order chi connectivity index (χ1) is 12.0. The van der Waals surface area contributed by atoms with E-state index in [2.05, 4.69) is 54.9 Å². The van der Waals surface area contributed by atoms with Crippen LogP contribution in [-0.2, 0) is 6.54 Å². The number of fused-ring (bicyclic) bond motifs is 1. The summed E-state index contributed by atoms with van der Waals surface area (Å²) in [5.74, 6) is 0.993. The number of nitrogens with zero attached hydrogens (tertiary/aromatic N) is 3. The van der Waals surface area contributed by atoms with Crippen LogP contribution in [0, 0.1) is 20.8 Å². The third-order valence-corrected chi connectivity index (χ3v) is 4.44. The van der Waals surface area contributed by atoms with Crippen LogP contribution in [0.1, 0.15) is 27.9 Å². The third-order valence-electron chi connectivity index (χ3n) is 4.44. The van der Waals surface area contributed by atoms with Gasteiger partial charge in [-0.25, -0.2) is 0 Å². The maximum absolute atomic E-state index is 4.88. The average Bonchev–Trinajstić information content (AvgIpc) is 2.96. The summed E-state index contributed by atoms with van der Waals surface area (Å²) in [5.41, 5.74) is 8.63. The van der Waals surface area contributed by atoms with Crippen molar-refractivity contribution in [2.45, 2.75) is 27.3 Å². The Labute approximate surface area is 150 Å². The minimum absolute atomic E-state index is 0.580. The molecule has 0 bridgehead atoms. The van der Waals surface area contributed by atoms with E-state index in [-0.39, 0.29) is 0 Å². The number of aryl methyl sites for hydroxylation is 3. The topological polar surface area (TPSA) is 28.5 Å². The molecule has 0 spiro atoms. The highest BCUT2D eigenvalue weighted by atomic mass is 15.1. The Hall–Kier alpha value is -2.68. The van der Waals surface area contributed by atoms with Crippen LogP contribution < -0.4 is 0 Å². The van der Waals surface area contributed by atoms with Crippen LogP contribution in [-0.4, -0.2) is 29.8 Å². The molecule has 0 aromatic carbocycles. The van der Waals surface area contributed by atoms with E-state index in [4.69, 9.17) is 4.99 Å². The molecule has 0 atom stereocenters. The second-order valence-corrected chi connectivity index (χ2v) is 6.79. The van der Waals surface area contributed by atoms with Gasteiger partial charge in [0, 0.05) is 25.9 Å². The van der Waals surface area contributed by atoms with Gasteiger partial charge in [0.15, 0.2) is 0 Å². The lowest BCUT2D eigenvalue weighted by atomic mass is 10.0. The van der Waals surface area contributed by atoms with Crippen molar-refractivity contribution in [2.24, 2.45) is 4.99 Å². The van der Waals surface area contributed by atoms with Crippen molar-refractivity contribution in [3.8, 4) is 11.1 Å². The van der Waals surface area contributed by atoms with Crippen LogP contribution in [0.15, 0.2) is 53.7 Å². The van der Waals surface area contributed by atoms with E-state index in [1.54, 1.807) is 0 Å². The summed E-state index contributed by atoms with van der Waals surface area (Å²) in [5, 5.41) is 0. The molecule has 2 aliphatic carbocycles. The summed E-state index contributed by atoms with van der Waals surface area (Å²) < 4.78 is 0. The minimum Gasteiger partial charge on any atom is -0.363 e. The molecule has 2 aliphatic rings. The van der Waals surface area contributed by atoms with Gasteiger partial charge in [-0.3, -0.25) is 9.98 Å². The lowest BCUT2D eigenvalue weighted by Crippen LogP contribution is -2.23. The van der Waals surface area contributed by atoms with E-state index >= 15 is 0 Å². The first-order valence-electron chi connectivity index (χ1n) is 8.60. The number of hydrogen-bond donors (Lipinski definition) is 0. The average molecular weight is 331 g/mol. The number of aromatic nitrogens is 1. The molecule has 3 rings (SSSR count). The van der Waals surface area contributed by atoms with Gasteiger partial charge in [0.1, 0.15) is 5.84 Å². The molecule has 0 aliphatic heterocycles. The molecule has 0 radical (unpaired) electrons. The largest absolute Gasteiger partial charge is 0.363 e. The molecule has 0 saturated carbocycles. The smallest absolute Gasteiger partial charge is 0.131 e. The van der Waals surface area contributed by atoms with Gasteiger partial charge in [-0.05, 0) is 55.2 Å². The van der Waals surface area contributed by atoms with Crippen molar-refractivity contribution in [1.29, 1.82) is 0 Å². The number of aliphatic imine (C=N–C) groups is 1. The fraction of sp³-hybridized carbons (Fsp3) is 0.273. The maximum Gasteiger partial charge on any atom is 0.131 e. The van der Waals surface area contributed by atoms with E-state index in [0.717, 1.165) is 11.5 Å². The SMILES string of the molecule is Cc1cc(C)c2ccc(C(=NCc3ccccn3)N(C)C)c-2c(C)c1. The normalized spacial score (nSPS) is 11.8. The van der Waals surface area contributed by atoms with Crippen molar-refractivity contribution in [1.82, 2.24) is 9.88 Å². The molecule has 0 N–H and O–H groups in total. The second-order valence-electron chi connectivity index (χ2n) is 6.79. The molecular weight excluding hydrogens is 306 g/mol. The van der Waals surface area contributed by atoms with Crippen LogP contribution in [0.2, 0.25) is 0 Å². The van der Waals surface area contributed by atoms with Crippen LogP contribution >= 0.6 is 0 Å². The Morgan fingerprint density at radius 1 is 1.00 bits per heavy atom. The van der Waals surface area contributed by atoms with E-state index in [1.165, 1.54) is 33.4 Å². The van der Waals surface area contributed by atoms with Gasteiger partial charge in [-0.1, -0.05) is 35.9 Å². The highest BCUT2D eigenvalue weighted by molar-refractivity contribution is 6.06. The molecule has 0 unspecified atom stereocenters. The van der Waals surface area contributed by atoms with Gasteiger partial charge >= 0.3 is 0 Å². The Bertz CT molecular complexity index is 879. The van der Waals surface area contributed by atoms with Gasteiger partial charge in [0.25, 0.3) is 0 Å². The Kier molecular flexibility index (Phi) is 4.84. The fourth-order valence-electron chi connectivity index (χ4n) is 3.41.